The molecular formula is C17H22N2O2. The van der Waals surface area contributed by atoms with Crippen LogP contribution < -0.4 is 5.32 Å². The summed E-state index contributed by atoms with van der Waals surface area (Å²) in [6.07, 6.45) is 2.30. The van der Waals surface area contributed by atoms with Crippen LogP contribution in [-0.2, 0) is 9.59 Å². The van der Waals surface area contributed by atoms with E-state index in [0.717, 1.165) is 18.4 Å². The van der Waals surface area contributed by atoms with Crippen molar-refractivity contribution in [2.75, 3.05) is 13.1 Å². The van der Waals surface area contributed by atoms with Crippen LogP contribution in [0.2, 0.25) is 0 Å². The summed E-state index contributed by atoms with van der Waals surface area (Å²) in [5, 5.41) is 2.72. The monoisotopic (exact) mass is 286 g/mol. The summed E-state index contributed by atoms with van der Waals surface area (Å²) in [5.74, 6) is 0.488. The zero-order valence-corrected chi connectivity index (χ0v) is 12.6. The highest BCUT2D eigenvalue weighted by molar-refractivity contribution is 5.95. The zero-order chi connectivity index (χ0) is 15.0. The Kier molecular flexibility index (Phi) is 3.47. The zero-order valence-electron chi connectivity index (χ0n) is 12.6. The quantitative estimate of drug-likeness (QED) is 0.921. The first-order valence-corrected chi connectivity index (χ1v) is 7.66. The highest BCUT2D eigenvalue weighted by atomic mass is 16.2. The van der Waals surface area contributed by atoms with Gasteiger partial charge in [-0.1, -0.05) is 44.2 Å². The highest BCUT2D eigenvalue weighted by Gasteiger charge is 2.49. The van der Waals surface area contributed by atoms with E-state index in [1.807, 2.05) is 30.3 Å². The molecule has 21 heavy (non-hydrogen) atoms. The summed E-state index contributed by atoms with van der Waals surface area (Å²) in [4.78, 5) is 26.5. The smallest absolute Gasteiger partial charge is 0.247 e. The number of piperazine rings is 1. The van der Waals surface area contributed by atoms with Gasteiger partial charge in [-0.3, -0.25) is 9.59 Å². The summed E-state index contributed by atoms with van der Waals surface area (Å²) in [5.41, 5.74) is 1.10. The Hall–Kier alpha value is -1.84. The van der Waals surface area contributed by atoms with E-state index in [4.69, 9.17) is 0 Å². The van der Waals surface area contributed by atoms with Crippen molar-refractivity contribution >= 4 is 11.8 Å². The first-order chi connectivity index (χ1) is 10.0. The minimum atomic E-state index is -0.483. The summed E-state index contributed by atoms with van der Waals surface area (Å²) in [7, 11) is 0. The predicted octanol–water partition coefficient (Wildman–Crippen LogP) is 2.12. The van der Waals surface area contributed by atoms with Gasteiger partial charge in [0.1, 0.15) is 6.04 Å². The van der Waals surface area contributed by atoms with Gasteiger partial charge in [0.25, 0.3) is 0 Å². The molecule has 4 heteroatoms. The molecule has 4 nitrogen and oxygen atoms in total. The Morgan fingerprint density at radius 3 is 2.48 bits per heavy atom. The first-order valence-electron chi connectivity index (χ1n) is 7.66. The molecule has 1 unspecified atom stereocenters. The molecule has 2 aliphatic rings. The van der Waals surface area contributed by atoms with Crippen LogP contribution in [0.15, 0.2) is 30.3 Å². The van der Waals surface area contributed by atoms with E-state index in [2.05, 4.69) is 19.2 Å². The van der Waals surface area contributed by atoms with E-state index in [-0.39, 0.29) is 23.8 Å². The fourth-order valence-electron chi connectivity index (χ4n) is 3.21. The maximum Gasteiger partial charge on any atom is 0.247 e. The van der Waals surface area contributed by atoms with Crippen LogP contribution in [0.3, 0.4) is 0 Å². The van der Waals surface area contributed by atoms with E-state index < -0.39 is 6.04 Å². The normalized spacial score (nSPS) is 24.1. The molecule has 1 atom stereocenters. The molecule has 112 valence electrons. The minimum absolute atomic E-state index is 0.0235. The predicted molar refractivity (Wildman–Crippen MR) is 80.4 cm³/mol. The second-order valence-electron chi connectivity index (χ2n) is 6.57. The standard InChI is InChI=1S/C17H22N2O2/c1-12(2)17(8-9-17)11-19-14(20)10-18-16(21)15(19)13-6-4-3-5-7-13/h3-7,12,15H,8-11H2,1-2H3,(H,18,21). The van der Waals surface area contributed by atoms with Crippen LogP contribution in [-0.4, -0.2) is 29.8 Å². The molecule has 1 N–H and O–H groups in total. The van der Waals surface area contributed by atoms with Gasteiger partial charge in [-0.05, 0) is 29.7 Å². The topological polar surface area (TPSA) is 49.4 Å². The van der Waals surface area contributed by atoms with Crippen LogP contribution in [0.25, 0.3) is 0 Å². The highest BCUT2D eigenvalue weighted by Crippen LogP contribution is 2.53. The lowest BCUT2D eigenvalue weighted by molar-refractivity contribution is -0.147. The summed E-state index contributed by atoms with van der Waals surface area (Å²) >= 11 is 0. The molecule has 1 heterocycles. The van der Waals surface area contributed by atoms with Gasteiger partial charge in [-0.15, -0.1) is 0 Å². The molecule has 1 aromatic rings. The van der Waals surface area contributed by atoms with Crippen LogP contribution in [0, 0.1) is 11.3 Å². The SMILES string of the molecule is CC(C)C1(CN2C(=O)CNC(=O)C2c2ccccc2)CC1. The second-order valence-corrected chi connectivity index (χ2v) is 6.57. The molecule has 1 saturated carbocycles. The van der Waals surface area contributed by atoms with Crippen molar-refractivity contribution in [3.8, 4) is 0 Å². The van der Waals surface area contributed by atoms with Crippen LogP contribution in [0.1, 0.15) is 38.3 Å². The third-order valence-corrected chi connectivity index (χ3v) is 5.01. The molecule has 2 fully saturated rings. The number of rotatable bonds is 4. The molecule has 0 radical (unpaired) electrons. The molecule has 1 aromatic carbocycles. The van der Waals surface area contributed by atoms with Crippen LogP contribution >= 0.6 is 0 Å². The Morgan fingerprint density at radius 1 is 1.24 bits per heavy atom. The average Bonchev–Trinajstić information content (AvgIpc) is 3.25. The second kappa shape index (κ2) is 5.17. The molecule has 0 spiro atoms. The Bertz CT molecular complexity index is 549. The number of benzene rings is 1. The summed E-state index contributed by atoms with van der Waals surface area (Å²) in [6.45, 7) is 5.23. The Labute approximate surface area is 125 Å². The lowest BCUT2D eigenvalue weighted by Crippen LogP contribution is -2.55. The van der Waals surface area contributed by atoms with Crippen molar-refractivity contribution in [2.45, 2.75) is 32.7 Å². The van der Waals surface area contributed by atoms with E-state index in [9.17, 15) is 9.59 Å². The Balaban J connectivity index is 1.90. The number of amides is 2. The minimum Gasteiger partial charge on any atom is -0.345 e. The molecule has 0 bridgehead atoms. The van der Waals surface area contributed by atoms with Crippen molar-refractivity contribution in [3.05, 3.63) is 35.9 Å². The molecule has 3 rings (SSSR count). The number of carbonyl (C=O) groups is 2. The summed E-state index contributed by atoms with van der Waals surface area (Å²) < 4.78 is 0. The molecular weight excluding hydrogens is 264 g/mol. The van der Waals surface area contributed by atoms with Gasteiger partial charge in [0.2, 0.25) is 11.8 Å². The molecule has 2 amide bonds. The van der Waals surface area contributed by atoms with E-state index in [1.54, 1.807) is 4.90 Å². The summed E-state index contributed by atoms with van der Waals surface area (Å²) in [6, 6.07) is 9.11. The average molecular weight is 286 g/mol. The van der Waals surface area contributed by atoms with Crippen molar-refractivity contribution in [1.29, 1.82) is 0 Å². The van der Waals surface area contributed by atoms with Gasteiger partial charge < -0.3 is 10.2 Å². The van der Waals surface area contributed by atoms with E-state index in [0.29, 0.717) is 12.5 Å². The maximum absolute atomic E-state index is 12.4. The van der Waals surface area contributed by atoms with Crippen molar-refractivity contribution < 1.29 is 9.59 Å². The van der Waals surface area contributed by atoms with E-state index in [1.165, 1.54) is 0 Å². The number of nitrogens with zero attached hydrogens (tertiary/aromatic N) is 1. The van der Waals surface area contributed by atoms with Gasteiger partial charge in [0.05, 0.1) is 6.54 Å². The fourth-order valence-corrected chi connectivity index (χ4v) is 3.21. The van der Waals surface area contributed by atoms with Crippen LogP contribution in [0.4, 0.5) is 0 Å². The van der Waals surface area contributed by atoms with Crippen molar-refractivity contribution in [3.63, 3.8) is 0 Å². The lowest BCUT2D eigenvalue weighted by atomic mass is 9.90. The fraction of sp³-hybridized carbons (Fsp3) is 0.529. The number of nitrogens with one attached hydrogen (secondary N) is 1. The number of hydrogen-bond donors (Lipinski definition) is 1. The third-order valence-electron chi connectivity index (χ3n) is 5.01. The maximum atomic E-state index is 12.4. The largest absolute Gasteiger partial charge is 0.345 e. The van der Waals surface area contributed by atoms with Gasteiger partial charge in [-0.2, -0.15) is 0 Å². The van der Waals surface area contributed by atoms with Crippen molar-refractivity contribution in [1.82, 2.24) is 10.2 Å². The molecule has 0 aromatic heterocycles. The lowest BCUT2D eigenvalue weighted by Gasteiger charge is -2.38. The molecule has 1 aliphatic heterocycles. The number of carbonyl (C=O) groups excluding carboxylic acids is 2. The van der Waals surface area contributed by atoms with E-state index >= 15 is 0 Å². The van der Waals surface area contributed by atoms with Gasteiger partial charge in [-0.25, -0.2) is 0 Å². The Morgan fingerprint density at radius 2 is 1.90 bits per heavy atom. The van der Waals surface area contributed by atoms with Gasteiger partial charge in [0.15, 0.2) is 0 Å². The number of hydrogen-bond acceptors (Lipinski definition) is 2. The van der Waals surface area contributed by atoms with Crippen LogP contribution in [0.5, 0.6) is 0 Å². The van der Waals surface area contributed by atoms with Crippen molar-refractivity contribution in [2.24, 2.45) is 11.3 Å². The molecule has 1 saturated heterocycles. The third kappa shape index (κ3) is 2.55. The molecule has 1 aliphatic carbocycles. The van der Waals surface area contributed by atoms with Gasteiger partial charge >= 0.3 is 0 Å². The first kappa shape index (κ1) is 14.1. The van der Waals surface area contributed by atoms with Gasteiger partial charge in [0, 0.05) is 6.54 Å².